The molecule has 0 radical (unpaired) electrons. The lowest BCUT2D eigenvalue weighted by Crippen LogP contribution is -2.23. The van der Waals surface area contributed by atoms with Crippen LogP contribution in [0.25, 0.3) is 0 Å². The quantitative estimate of drug-likeness (QED) is 0.522. The summed E-state index contributed by atoms with van der Waals surface area (Å²) in [7, 11) is -4.61. The van der Waals surface area contributed by atoms with Crippen molar-refractivity contribution in [1.82, 2.24) is 0 Å². The predicted molar refractivity (Wildman–Crippen MR) is 63.6 cm³/mol. The van der Waals surface area contributed by atoms with E-state index < -0.39 is 24.8 Å². The second-order valence-electron chi connectivity index (χ2n) is 3.40. The standard InChI is InChI=1S/C9H17F2O4PS/c1-3-5-14-16(13,15-6-4-2)9(10,11)7-8(12)17/h3-7H2,1-2H3,(H,12,17). The van der Waals surface area contributed by atoms with Gasteiger partial charge in [0.2, 0.25) is 0 Å². The minimum atomic E-state index is -4.61. The molecule has 0 saturated carbocycles. The van der Waals surface area contributed by atoms with E-state index in [-0.39, 0.29) is 13.2 Å². The molecule has 0 atom stereocenters. The van der Waals surface area contributed by atoms with Gasteiger partial charge in [-0.2, -0.15) is 8.78 Å². The number of hydrogen-bond donors (Lipinski definition) is 1. The Morgan fingerprint density at radius 2 is 1.65 bits per heavy atom. The number of rotatable bonds is 9. The normalized spacial score (nSPS) is 12.8. The van der Waals surface area contributed by atoms with Crippen molar-refractivity contribution < 1.29 is 27.2 Å². The summed E-state index contributed by atoms with van der Waals surface area (Å²) >= 11 is 3.25. The van der Waals surface area contributed by atoms with Crippen LogP contribution in [0, 0.1) is 0 Å². The Hall–Kier alpha value is 0.0300. The van der Waals surface area contributed by atoms with Crippen LogP contribution in [0.1, 0.15) is 33.1 Å². The Morgan fingerprint density at radius 1 is 1.24 bits per heavy atom. The molecule has 0 amide bonds. The molecule has 0 saturated heterocycles. The van der Waals surface area contributed by atoms with Crippen molar-refractivity contribution in [3.63, 3.8) is 0 Å². The highest BCUT2D eigenvalue weighted by molar-refractivity contribution is 7.96. The maximum absolute atomic E-state index is 13.6. The molecule has 0 spiro atoms. The molecule has 0 heterocycles. The predicted octanol–water partition coefficient (Wildman–Crippen LogP) is 3.47. The molecule has 0 aliphatic rings. The van der Waals surface area contributed by atoms with E-state index in [4.69, 9.17) is 0 Å². The molecule has 0 bridgehead atoms. The Balaban J connectivity index is 4.86. The van der Waals surface area contributed by atoms with E-state index in [9.17, 15) is 18.1 Å². The fourth-order valence-electron chi connectivity index (χ4n) is 0.928. The molecule has 102 valence electrons. The number of carbonyl (C=O) groups excluding carboxylic acids is 1. The smallest absolute Gasteiger partial charge is 0.304 e. The summed E-state index contributed by atoms with van der Waals surface area (Å²) in [6.45, 7) is 3.15. The summed E-state index contributed by atoms with van der Waals surface area (Å²) in [4.78, 5) is 10.6. The van der Waals surface area contributed by atoms with Crippen LogP contribution in [0.4, 0.5) is 8.78 Å². The average Bonchev–Trinajstić information content (AvgIpc) is 2.21. The Bertz CT molecular complexity index is 287. The highest BCUT2D eigenvalue weighted by Gasteiger charge is 2.54. The lowest BCUT2D eigenvalue weighted by molar-refractivity contribution is -0.115. The SMILES string of the molecule is CCCOP(=O)(OCCC)C(F)(F)CC(=O)S. The fourth-order valence-corrected chi connectivity index (χ4v) is 2.89. The summed E-state index contributed by atoms with van der Waals surface area (Å²) in [6.07, 6.45) is -0.421. The topological polar surface area (TPSA) is 52.6 Å². The van der Waals surface area contributed by atoms with Gasteiger partial charge in [0, 0.05) is 0 Å². The van der Waals surface area contributed by atoms with Gasteiger partial charge >= 0.3 is 13.3 Å². The maximum Gasteiger partial charge on any atom is 0.400 e. The van der Waals surface area contributed by atoms with E-state index in [0.29, 0.717) is 12.8 Å². The summed E-state index contributed by atoms with van der Waals surface area (Å²) in [5, 5.41) is -1.06. The van der Waals surface area contributed by atoms with Crippen LogP contribution in [0.15, 0.2) is 0 Å². The first kappa shape index (κ1) is 17.0. The summed E-state index contributed by atoms with van der Waals surface area (Å²) in [5.41, 5.74) is -3.84. The second kappa shape index (κ2) is 7.46. The van der Waals surface area contributed by atoms with Crippen molar-refractivity contribution in [3.05, 3.63) is 0 Å². The van der Waals surface area contributed by atoms with Crippen LogP contribution < -0.4 is 0 Å². The first-order chi connectivity index (χ1) is 7.79. The molecule has 0 fully saturated rings. The summed E-state index contributed by atoms with van der Waals surface area (Å²) in [5.74, 6) is 0. The Labute approximate surface area is 105 Å². The second-order valence-corrected chi connectivity index (χ2v) is 6.06. The van der Waals surface area contributed by atoms with Crippen molar-refractivity contribution in [3.8, 4) is 0 Å². The van der Waals surface area contributed by atoms with Gasteiger partial charge in [-0.15, -0.1) is 12.6 Å². The van der Waals surface area contributed by atoms with Crippen molar-refractivity contribution >= 4 is 25.3 Å². The minimum Gasteiger partial charge on any atom is -0.304 e. The van der Waals surface area contributed by atoms with Gasteiger partial charge in [0.1, 0.15) is 0 Å². The van der Waals surface area contributed by atoms with Crippen LogP contribution in [0.2, 0.25) is 0 Å². The van der Waals surface area contributed by atoms with Gasteiger partial charge in [-0.1, -0.05) is 13.8 Å². The van der Waals surface area contributed by atoms with E-state index in [1.165, 1.54) is 0 Å². The third-order valence-corrected chi connectivity index (χ3v) is 3.86. The zero-order chi connectivity index (χ0) is 13.5. The number of thiol groups is 1. The monoisotopic (exact) mass is 290 g/mol. The van der Waals surface area contributed by atoms with Gasteiger partial charge in [0.05, 0.1) is 19.6 Å². The molecule has 0 aromatic heterocycles. The van der Waals surface area contributed by atoms with Crippen molar-refractivity contribution in [1.29, 1.82) is 0 Å². The molecule has 0 unspecified atom stereocenters. The maximum atomic E-state index is 13.6. The minimum absolute atomic E-state index is 0.114. The van der Waals surface area contributed by atoms with Gasteiger partial charge in [-0.3, -0.25) is 9.36 Å². The van der Waals surface area contributed by atoms with Crippen LogP contribution in [-0.2, 0) is 18.4 Å². The molecule has 0 N–H and O–H groups in total. The summed E-state index contributed by atoms with van der Waals surface area (Å²) in [6, 6.07) is 0. The molecule has 4 nitrogen and oxygen atoms in total. The summed E-state index contributed by atoms with van der Waals surface area (Å²) < 4.78 is 48.4. The molecule has 17 heavy (non-hydrogen) atoms. The van der Waals surface area contributed by atoms with Crippen molar-refractivity contribution in [2.24, 2.45) is 0 Å². The molecule has 0 aromatic carbocycles. The van der Waals surface area contributed by atoms with Gasteiger partial charge in [0.25, 0.3) is 0 Å². The molecule has 8 heteroatoms. The molecule has 0 aromatic rings. The fraction of sp³-hybridized carbons (Fsp3) is 0.889. The zero-order valence-electron chi connectivity index (χ0n) is 9.82. The lowest BCUT2D eigenvalue weighted by Gasteiger charge is -2.25. The molecule has 0 rings (SSSR count). The van der Waals surface area contributed by atoms with Gasteiger partial charge in [-0.25, -0.2) is 0 Å². The molecular weight excluding hydrogens is 273 g/mol. The number of halogens is 2. The van der Waals surface area contributed by atoms with E-state index in [1.807, 2.05) is 0 Å². The Morgan fingerprint density at radius 3 is 1.94 bits per heavy atom. The number of hydrogen-bond acceptors (Lipinski definition) is 4. The highest BCUT2D eigenvalue weighted by atomic mass is 32.1. The molecular formula is C9H17F2O4PS. The van der Waals surface area contributed by atoms with E-state index in [0.717, 1.165) is 0 Å². The molecule has 0 aliphatic heterocycles. The average molecular weight is 290 g/mol. The van der Waals surface area contributed by atoms with Crippen LogP contribution in [0.3, 0.4) is 0 Å². The number of carbonyl (C=O) groups is 1. The first-order valence-corrected chi connectivity index (χ1v) is 7.27. The van der Waals surface area contributed by atoms with Crippen LogP contribution in [0.5, 0.6) is 0 Å². The van der Waals surface area contributed by atoms with E-state index in [1.54, 1.807) is 13.8 Å². The van der Waals surface area contributed by atoms with E-state index in [2.05, 4.69) is 21.7 Å². The van der Waals surface area contributed by atoms with Crippen LogP contribution in [-0.4, -0.2) is 24.0 Å². The van der Waals surface area contributed by atoms with Gasteiger partial charge < -0.3 is 9.05 Å². The highest BCUT2D eigenvalue weighted by Crippen LogP contribution is 2.63. The third kappa shape index (κ3) is 5.46. The molecule has 0 aliphatic carbocycles. The van der Waals surface area contributed by atoms with Crippen molar-refractivity contribution in [2.45, 2.75) is 38.8 Å². The van der Waals surface area contributed by atoms with Gasteiger partial charge in [0.15, 0.2) is 5.12 Å². The van der Waals surface area contributed by atoms with Gasteiger partial charge in [-0.05, 0) is 12.8 Å². The zero-order valence-corrected chi connectivity index (χ0v) is 11.6. The lowest BCUT2D eigenvalue weighted by atomic mass is 10.5. The largest absolute Gasteiger partial charge is 0.400 e. The van der Waals surface area contributed by atoms with Crippen molar-refractivity contribution in [2.75, 3.05) is 13.2 Å². The number of alkyl halides is 2. The Kier molecular flexibility index (Phi) is 7.47. The third-order valence-electron chi connectivity index (χ3n) is 1.70. The van der Waals surface area contributed by atoms with Crippen LogP contribution >= 0.6 is 20.2 Å². The first-order valence-electron chi connectivity index (χ1n) is 5.28. The van der Waals surface area contributed by atoms with E-state index >= 15 is 0 Å².